The predicted molar refractivity (Wildman–Crippen MR) is 108 cm³/mol. The van der Waals surface area contributed by atoms with Gasteiger partial charge in [0.05, 0.1) is 17.7 Å². The molecule has 0 fully saturated rings. The van der Waals surface area contributed by atoms with Crippen molar-refractivity contribution >= 4 is 18.0 Å². The fourth-order valence-corrected chi connectivity index (χ4v) is 5.30. The third kappa shape index (κ3) is 3.56. The maximum absolute atomic E-state index is 14.0. The van der Waals surface area contributed by atoms with E-state index in [2.05, 4.69) is 6.08 Å². The van der Waals surface area contributed by atoms with Crippen LogP contribution in [0.4, 0.5) is 0 Å². The zero-order valence-electron chi connectivity index (χ0n) is 15.1. The van der Waals surface area contributed by atoms with Crippen LogP contribution in [0.25, 0.3) is 0 Å². The molecule has 4 heteroatoms. The maximum Gasteiger partial charge on any atom is 0.306 e. The van der Waals surface area contributed by atoms with E-state index in [4.69, 9.17) is 9.26 Å². The number of rotatable bonds is 5. The average molecular weight is 375 g/mol. The van der Waals surface area contributed by atoms with Crippen LogP contribution in [0.3, 0.4) is 0 Å². The molecule has 0 amide bonds. The Hall–Kier alpha value is -2.77. The van der Waals surface area contributed by atoms with E-state index in [9.17, 15) is 4.57 Å². The summed E-state index contributed by atoms with van der Waals surface area (Å²) in [5.41, 5.74) is 2.13. The zero-order chi connectivity index (χ0) is 18.7. The van der Waals surface area contributed by atoms with Crippen molar-refractivity contribution in [2.75, 3.05) is 7.11 Å². The Bertz CT molecular complexity index is 967. The van der Waals surface area contributed by atoms with Gasteiger partial charge in [0.15, 0.2) is 0 Å². The van der Waals surface area contributed by atoms with Gasteiger partial charge in [-0.3, -0.25) is 4.57 Å². The van der Waals surface area contributed by atoms with Crippen LogP contribution in [0.15, 0.2) is 84.6 Å². The van der Waals surface area contributed by atoms with Crippen LogP contribution >= 0.6 is 7.37 Å². The predicted octanol–water partition coefficient (Wildman–Crippen LogP) is 4.62. The van der Waals surface area contributed by atoms with Crippen LogP contribution in [0.2, 0.25) is 0 Å². The minimum Gasteiger partial charge on any atom is -0.497 e. The van der Waals surface area contributed by atoms with Crippen LogP contribution in [-0.4, -0.2) is 7.11 Å². The first-order valence-corrected chi connectivity index (χ1v) is 10.5. The third-order valence-corrected chi connectivity index (χ3v) is 7.07. The number of allylic oxidation sites excluding steroid dienone is 1. The minimum absolute atomic E-state index is 0.628. The number of ether oxygens (including phenoxy) is 1. The average Bonchev–Trinajstić information content (AvgIpc) is 2.74. The normalized spacial score (nSPS) is 13.4. The smallest absolute Gasteiger partial charge is 0.306 e. The molecule has 0 unspecified atom stereocenters. The molecule has 0 aliphatic heterocycles. The van der Waals surface area contributed by atoms with Gasteiger partial charge >= 0.3 is 7.37 Å². The maximum atomic E-state index is 14.0. The second-order valence-corrected chi connectivity index (χ2v) is 8.70. The van der Waals surface area contributed by atoms with E-state index in [0.717, 1.165) is 23.3 Å². The molecule has 1 radical (unpaired) electrons. The lowest BCUT2D eigenvalue weighted by Crippen LogP contribution is -2.18. The fraction of sp³-hybridized carbons (Fsp3) is 0.130. The SMILES string of the molecule is COc1ccc2c(c1)CCC(OP(=O)(c1ccccc1)c1ccccc1)=[C]2. The van der Waals surface area contributed by atoms with Crippen LogP contribution in [-0.2, 0) is 15.5 Å². The largest absolute Gasteiger partial charge is 0.497 e. The van der Waals surface area contributed by atoms with Gasteiger partial charge in [0, 0.05) is 12.5 Å². The van der Waals surface area contributed by atoms with Crippen molar-refractivity contribution in [1.82, 2.24) is 0 Å². The first-order chi connectivity index (χ1) is 13.2. The van der Waals surface area contributed by atoms with Crippen molar-refractivity contribution in [2.24, 2.45) is 0 Å². The number of hydrogen-bond acceptors (Lipinski definition) is 3. The highest BCUT2D eigenvalue weighted by Crippen LogP contribution is 2.48. The lowest BCUT2D eigenvalue weighted by Gasteiger charge is -2.24. The molecule has 1 aliphatic carbocycles. The first-order valence-electron chi connectivity index (χ1n) is 8.90. The molecule has 0 bridgehead atoms. The number of hydrogen-bond donors (Lipinski definition) is 0. The van der Waals surface area contributed by atoms with Crippen molar-refractivity contribution in [1.29, 1.82) is 0 Å². The Morgan fingerprint density at radius 3 is 2.07 bits per heavy atom. The molecular formula is C23H20O3P. The molecule has 0 N–H and O–H groups in total. The summed E-state index contributed by atoms with van der Waals surface area (Å²) in [5.74, 6) is 1.46. The molecule has 0 spiro atoms. The van der Waals surface area contributed by atoms with Gasteiger partial charge in [0.1, 0.15) is 11.5 Å². The van der Waals surface area contributed by atoms with Gasteiger partial charge in [-0.25, -0.2) is 0 Å². The zero-order valence-corrected chi connectivity index (χ0v) is 16.0. The molecule has 0 saturated carbocycles. The molecule has 3 aromatic rings. The summed E-state index contributed by atoms with van der Waals surface area (Å²) in [5, 5.41) is 1.37. The summed E-state index contributed by atoms with van der Waals surface area (Å²) >= 11 is 0. The Morgan fingerprint density at radius 1 is 0.852 bits per heavy atom. The van der Waals surface area contributed by atoms with E-state index in [1.165, 1.54) is 0 Å². The number of benzene rings is 3. The molecule has 0 aromatic heterocycles. The second-order valence-electron chi connectivity index (χ2n) is 6.39. The summed E-state index contributed by atoms with van der Waals surface area (Å²) in [6.07, 6.45) is 4.77. The van der Waals surface area contributed by atoms with Crippen LogP contribution in [0.5, 0.6) is 5.75 Å². The number of methoxy groups -OCH3 is 1. The molecule has 27 heavy (non-hydrogen) atoms. The summed E-state index contributed by atoms with van der Waals surface area (Å²) < 4.78 is 25.5. The molecule has 3 aromatic carbocycles. The van der Waals surface area contributed by atoms with Crippen LogP contribution in [0.1, 0.15) is 17.5 Å². The minimum atomic E-state index is -3.24. The van der Waals surface area contributed by atoms with Gasteiger partial charge in [-0.05, 0) is 53.9 Å². The van der Waals surface area contributed by atoms with E-state index in [1.54, 1.807) is 7.11 Å². The van der Waals surface area contributed by atoms with Gasteiger partial charge in [0.2, 0.25) is 0 Å². The standard InChI is InChI=1S/C23H20O3P/c1-25-20-14-12-19-17-21(15-13-18(19)16-20)26-27(24,22-8-4-2-5-9-22)23-10-6-3-7-11-23/h2-12,14,16H,13,15H2,1H3. The highest BCUT2D eigenvalue weighted by atomic mass is 31.2. The Balaban J connectivity index is 1.73. The molecule has 0 saturated heterocycles. The molecule has 135 valence electrons. The lowest BCUT2D eigenvalue weighted by atomic mass is 9.96. The van der Waals surface area contributed by atoms with Crippen molar-refractivity contribution in [3.63, 3.8) is 0 Å². The molecule has 1 aliphatic rings. The highest BCUT2D eigenvalue weighted by molar-refractivity contribution is 7.74. The van der Waals surface area contributed by atoms with Gasteiger partial charge in [-0.1, -0.05) is 42.5 Å². The molecule has 4 rings (SSSR count). The Morgan fingerprint density at radius 2 is 1.48 bits per heavy atom. The summed E-state index contributed by atoms with van der Waals surface area (Å²) in [6, 6.07) is 24.7. The Kier molecular flexibility index (Phi) is 4.87. The van der Waals surface area contributed by atoms with Crippen molar-refractivity contribution in [3.05, 3.63) is 102 Å². The van der Waals surface area contributed by atoms with Crippen molar-refractivity contribution in [2.45, 2.75) is 12.8 Å². The van der Waals surface area contributed by atoms with Crippen LogP contribution < -0.4 is 15.3 Å². The fourth-order valence-electron chi connectivity index (χ4n) is 3.21. The van der Waals surface area contributed by atoms with Gasteiger partial charge in [0.25, 0.3) is 0 Å². The van der Waals surface area contributed by atoms with E-state index in [0.29, 0.717) is 22.8 Å². The lowest BCUT2D eigenvalue weighted by molar-refractivity contribution is 0.396. The number of fused-ring (bicyclic) bond motifs is 1. The van der Waals surface area contributed by atoms with Crippen molar-refractivity contribution < 1.29 is 13.8 Å². The van der Waals surface area contributed by atoms with E-state index < -0.39 is 7.37 Å². The third-order valence-electron chi connectivity index (χ3n) is 4.64. The molecule has 3 nitrogen and oxygen atoms in total. The van der Waals surface area contributed by atoms with E-state index in [-0.39, 0.29) is 0 Å². The van der Waals surface area contributed by atoms with Gasteiger partial charge in [-0.15, -0.1) is 0 Å². The summed E-state index contributed by atoms with van der Waals surface area (Å²) in [4.78, 5) is 0. The van der Waals surface area contributed by atoms with Gasteiger partial charge in [-0.2, -0.15) is 0 Å². The van der Waals surface area contributed by atoms with Crippen LogP contribution in [0, 0.1) is 6.08 Å². The summed E-state index contributed by atoms with van der Waals surface area (Å²) in [7, 11) is -1.58. The van der Waals surface area contributed by atoms with E-state index in [1.807, 2.05) is 78.9 Å². The molecule has 0 atom stereocenters. The molecule has 0 heterocycles. The first kappa shape index (κ1) is 17.6. The molecular weight excluding hydrogens is 355 g/mol. The number of aryl methyl sites for hydroxylation is 1. The van der Waals surface area contributed by atoms with Gasteiger partial charge < -0.3 is 9.26 Å². The van der Waals surface area contributed by atoms with Crippen molar-refractivity contribution in [3.8, 4) is 5.75 Å². The summed E-state index contributed by atoms with van der Waals surface area (Å²) in [6.45, 7) is 0. The second kappa shape index (κ2) is 7.46. The Labute approximate surface area is 159 Å². The van der Waals surface area contributed by atoms with E-state index >= 15 is 0 Å². The monoisotopic (exact) mass is 375 g/mol. The highest BCUT2D eigenvalue weighted by Gasteiger charge is 2.31. The topological polar surface area (TPSA) is 35.5 Å². The quantitative estimate of drug-likeness (QED) is 0.611.